The predicted molar refractivity (Wildman–Crippen MR) is 107 cm³/mol. The van der Waals surface area contributed by atoms with Gasteiger partial charge in [-0.3, -0.25) is 4.79 Å². The molecular weight excluding hydrogens is 336 g/mol. The number of carbonyl (C=O) groups excluding carboxylic acids is 1. The van der Waals surface area contributed by atoms with Crippen LogP contribution in [-0.2, 0) is 13.1 Å². The number of hydrogen-bond acceptors (Lipinski definition) is 3. The van der Waals surface area contributed by atoms with Crippen LogP contribution in [0.25, 0.3) is 0 Å². The van der Waals surface area contributed by atoms with E-state index in [4.69, 9.17) is 0 Å². The molecule has 1 amide bonds. The Morgan fingerprint density at radius 2 is 1.85 bits per heavy atom. The summed E-state index contributed by atoms with van der Waals surface area (Å²) in [5.41, 5.74) is 3.15. The molecule has 0 bridgehead atoms. The second kappa shape index (κ2) is 9.69. The van der Waals surface area contributed by atoms with Crippen LogP contribution in [-0.4, -0.2) is 40.5 Å². The van der Waals surface area contributed by atoms with Gasteiger partial charge in [0, 0.05) is 37.6 Å². The summed E-state index contributed by atoms with van der Waals surface area (Å²) in [5, 5.41) is 3.00. The molecule has 1 N–H and O–H groups in total. The molecule has 0 aliphatic rings. The third-order valence-corrected chi connectivity index (χ3v) is 4.44. The fraction of sp³-hybridized carbons (Fsp3) is 0.273. The van der Waals surface area contributed by atoms with Crippen molar-refractivity contribution in [1.82, 2.24) is 19.8 Å². The van der Waals surface area contributed by atoms with Gasteiger partial charge >= 0.3 is 0 Å². The van der Waals surface area contributed by atoms with Crippen LogP contribution in [0, 0.1) is 0 Å². The van der Waals surface area contributed by atoms with Gasteiger partial charge in [-0.25, -0.2) is 4.98 Å². The summed E-state index contributed by atoms with van der Waals surface area (Å²) in [6.07, 6.45) is 6.40. The summed E-state index contributed by atoms with van der Waals surface area (Å²) in [5.74, 6) is -0.0186. The van der Waals surface area contributed by atoms with Crippen LogP contribution in [0.2, 0.25) is 0 Å². The Balaban J connectivity index is 1.37. The first kappa shape index (κ1) is 18.9. The second-order valence-corrected chi connectivity index (χ2v) is 6.76. The Morgan fingerprint density at radius 1 is 1.07 bits per heavy atom. The highest BCUT2D eigenvalue weighted by molar-refractivity contribution is 5.94. The van der Waals surface area contributed by atoms with E-state index in [1.807, 2.05) is 41.1 Å². The van der Waals surface area contributed by atoms with Crippen molar-refractivity contribution in [2.24, 2.45) is 0 Å². The van der Waals surface area contributed by atoms with Crippen molar-refractivity contribution in [3.05, 3.63) is 90.0 Å². The molecule has 0 saturated heterocycles. The van der Waals surface area contributed by atoms with Crippen molar-refractivity contribution < 1.29 is 4.79 Å². The Labute approximate surface area is 160 Å². The molecule has 0 spiro atoms. The number of benzene rings is 2. The maximum Gasteiger partial charge on any atom is 0.251 e. The zero-order valence-electron chi connectivity index (χ0n) is 15.7. The predicted octanol–water partition coefficient (Wildman–Crippen LogP) is 3.18. The fourth-order valence-corrected chi connectivity index (χ4v) is 2.98. The third kappa shape index (κ3) is 6.08. The summed E-state index contributed by atoms with van der Waals surface area (Å²) >= 11 is 0. The van der Waals surface area contributed by atoms with E-state index in [-0.39, 0.29) is 5.91 Å². The van der Waals surface area contributed by atoms with Gasteiger partial charge in [0.15, 0.2) is 0 Å². The minimum atomic E-state index is -0.0186. The summed E-state index contributed by atoms with van der Waals surface area (Å²) in [4.78, 5) is 18.6. The average Bonchev–Trinajstić information content (AvgIpc) is 3.19. The van der Waals surface area contributed by atoms with Crippen molar-refractivity contribution in [3.8, 4) is 0 Å². The van der Waals surface area contributed by atoms with Gasteiger partial charge in [0.1, 0.15) is 0 Å². The smallest absolute Gasteiger partial charge is 0.251 e. The number of aromatic nitrogens is 2. The van der Waals surface area contributed by atoms with Gasteiger partial charge in [-0.2, -0.15) is 0 Å². The molecule has 0 unspecified atom stereocenters. The van der Waals surface area contributed by atoms with Crippen LogP contribution < -0.4 is 5.32 Å². The summed E-state index contributed by atoms with van der Waals surface area (Å²) in [6.45, 7) is 3.30. The van der Waals surface area contributed by atoms with Crippen LogP contribution in [0.15, 0.2) is 73.3 Å². The lowest BCUT2D eigenvalue weighted by molar-refractivity contribution is 0.0952. The van der Waals surface area contributed by atoms with Crippen LogP contribution in [0.4, 0.5) is 0 Å². The maximum absolute atomic E-state index is 12.3. The molecule has 140 valence electrons. The van der Waals surface area contributed by atoms with Crippen molar-refractivity contribution in [2.75, 3.05) is 20.1 Å². The molecule has 2 aromatic carbocycles. The van der Waals surface area contributed by atoms with Gasteiger partial charge in [-0.05, 0) is 43.3 Å². The van der Waals surface area contributed by atoms with E-state index >= 15 is 0 Å². The molecule has 0 fully saturated rings. The number of rotatable bonds is 9. The third-order valence-electron chi connectivity index (χ3n) is 4.44. The molecule has 0 aliphatic heterocycles. The number of amides is 1. The normalized spacial score (nSPS) is 10.9. The zero-order chi connectivity index (χ0) is 18.9. The van der Waals surface area contributed by atoms with E-state index < -0.39 is 0 Å². The van der Waals surface area contributed by atoms with E-state index in [2.05, 4.69) is 46.5 Å². The highest BCUT2D eigenvalue weighted by atomic mass is 16.1. The number of nitrogens with zero attached hydrogens (tertiary/aromatic N) is 3. The maximum atomic E-state index is 12.3. The van der Waals surface area contributed by atoms with Gasteiger partial charge in [-0.1, -0.05) is 42.5 Å². The van der Waals surface area contributed by atoms with E-state index in [9.17, 15) is 4.79 Å². The van der Waals surface area contributed by atoms with Crippen LogP contribution >= 0.6 is 0 Å². The lowest BCUT2D eigenvalue weighted by Gasteiger charge is -2.16. The molecule has 1 aromatic heterocycles. The van der Waals surface area contributed by atoms with Gasteiger partial charge in [0.05, 0.1) is 6.33 Å². The highest BCUT2D eigenvalue weighted by Gasteiger charge is 2.06. The molecular formula is C22H26N4O. The molecule has 27 heavy (non-hydrogen) atoms. The molecule has 5 nitrogen and oxygen atoms in total. The van der Waals surface area contributed by atoms with E-state index in [1.165, 1.54) is 5.56 Å². The van der Waals surface area contributed by atoms with Gasteiger partial charge in [-0.15, -0.1) is 0 Å². The quantitative estimate of drug-likeness (QED) is 0.595. The number of imidazole rings is 1. The zero-order valence-corrected chi connectivity index (χ0v) is 15.7. The lowest BCUT2D eigenvalue weighted by atomic mass is 10.1. The monoisotopic (exact) mass is 362 g/mol. The molecule has 0 saturated carbocycles. The lowest BCUT2D eigenvalue weighted by Crippen LogP contribution is -2.28. The number of nitrogens with one attached hydrogen (secondary N) is 1. The van der Waals surface area contributed by atoms with Crippen molar-refractivity contribution in [2.45, 2.75) is 19.5 Å². The van der Waals surface area contributed by atoms with E-state index in [0.29, 0.717) is 12.1 Å². The number of carbonyl (C=O) groups is 1. The molecule has 5 heteroatoms. The van der Waals surface area contributed by atoms with Crippen molar-refractivity contribution in [1.29, 1.82) is 0 Å². The molecule has 0 radical (unpaired) electrons. The summed E-state index contributed by atoms with van der Waals surface area (Å²) in [6, 6.07) is 18.2. The SMILES string of the molecule is CN(CCCNC(=O)c1ccc(Cn2ccnc2)cc1)Cc1ccccc1. The van der Waals surface area contributed by atoms with E-state index in [0.717, 1.165) is 31.6 Å². The minimum absolute atomic E-state index is 0.0186. The first-order valence-corrected chi connectivity index (χ1v) is 9.26. The summed E-state index contributed by atoms with van der Waals surface area (Å²) in [7, 11) is 2.10. The molecule has 0 aliphatic carbocycles. The Bertz CT molecular complexity index is 813. The first-order chi connectivity index (χ1) is 13.2. The van der Waals surface area contributed by atoms with Crippen LogP contribution in [0.3, 0.4) is 0 Å². The number of hydrogen-bond donors (Lipinski definition) is 1. The molecule has 3 rings (SSSR count). The Morgan fingerprint density at radius 3 is 2.56 bits per heavy atom. The van der Waals surface area contributed by atoms with Crippen LogP contribution in [0.1, 0.15) is 27.9 Å². The van der Waals surface area contributed by atoms with E-state index in [1.54, 1.807) is 12.5 Å². The minimum Gasteiger partial charge on any atom is -0.352 e. The van der Waals surface area contributed by atoms with Gasteiger partial charge in [0.25, 0.3) is 5.91 Å². The molecule has 1 heterocycles. The fourth-order valence-electron chi connectivity index (χ4n) is 2.98. The second-order valence-electron chi connectivity index (χ2n) is 6.76. The van der Waals surface area contributed by atoms with Gasteiger partial charge < -0.3 is 14.8 Å². The Kier molecular flexibility index (Phi) is 6.77. The Hall–Kier alpha value is -2.92. The average molecular weight is 362 g/mol. The topological polar surface area (TPSA) is 50.2 Å². The molecule has 3 aromatic rings. The highest BCUT2D eigenvalue weighted by Crippen LogP contribution is 2.07. The summed E-state index contributed by atoms with van der Waals surface area (Å²) < 4.78 is 2.00. The van der Waals surface area contributed by atoms with Crippen molar-refractivity contribution >= 4 is 5.91 Å². The van der Waals surface area contributed by atoms with Crippen molar-refractivity contribution in [3.63, 3.8) is 0 Å². The molecule has 0 atom stereocenters. The standard InChI is InChI=1S/C22H26N4O/c1-25(16-19-6-3-2-4-7-19)14-5-12-24-22(27)21-10-8-20(9-11-21)17-26-15-13-23-18-26/h2-4,6-11,13,15,18H,5,12,14,16-17H2,1H3,(H,24,27). The largest absolute Gasteiger partial charge is 0.352 e. The first-order valence-electron chi connectivity index (χ1n) is 9.26. The van der Waals surface area contributed by atoms with Crippen LogP contribution in [0.5, 0.6) is 0 Å². The van der Waals surface area contributed by atoms with Gasteiger partial charge in [0.2, 0.25) is 0 Å².